The number of amides is 1. The summed E-state index contributed by atoms with van der Waals surface area (Å²) in [5.41, 5.74) is 0.367. The number of piperidine rings is 2. The molecule has 27 heavy (non-hydrogen) atoms. The predicted octanol–water partition coefficient (Wildman–Crippen LogP) is 2.08. The second kappa shape index (κ2) is 9.46. The fourth-order valence-electron chi connectivity index (χ4n) is 3.87. The van der Waals surface area contributed by atoms with Crippen LogP contribution in [0.15, 0.2) is 12.4 Å². The van der Waals surface area contributed by atoms with Crippen LogP contribution in [0, 0.1) is 0 Å². The molecule has 2 aliphatic rings. The smallest absolute Gasteiger partial charge is 0.271 e. The molecule has 7 heteroatoms. The Morgan fingerprint density at radius 3 is 2.26 bits per heavy atom. The third-order valence-electron chi connectivity index (χ3n) is 5.57. The molecule has 0 atom stereocenters. The van der Waals surface area contributed by atoms with E-state index < -0.39 is 0 Å². The van der Waals surface area contributed by atoms with Gasteiger partial charge >= 0.3 is 0 Å². The first-order chi connectivity index (χ1) is 13.1. The SMILES string of the molecule is CCNC(=O)c1cnc(N2CCC(OC3CCN(C(C)C)CC3)CC2)cn1. The Morgan fingerprint density at radius 2 is 1.74 bits per heavy atom. The van der Waals surface area contributed by atoms with Crippen LogP contribution in [-0.4, -0.2) is 71.7 Å². The molecule has 1 aromatic rings. The Balaban J connectivity index is 1.43. The average molecular weight is 376 g/mol. The maximum absolute atomic E-state index is 11.8. The van der Waals surface area contributed by atoms with Crippen LogP contribution in [0.2, 0.25) is 0 Å². The van der Waals surface area contributed by atoms with Crippen molar-refractivity contribution >= 4 is 11.7 Å². The van der Waals surface area contributed by atoms with E-state index in [2.05, 4.69) is 38.9 Å². The second-order valence-electron chi connectivity index (χ2n) is 7.77. The predicted molar refractivity (Wildman–Crippen MR) is 106 cm³/mol. The van der Waals surface area contributed by atoms with Crippen molar-refractivity contribution in [3.63, 3.8) is 0 Å². The number of nitrogens with zero attached hydrogens (tertiary/aromatic N) is 4. The molecule has 2 fully saturated rings. The molecule has 3 rings (SSSR count). The van der Waals surface area contributed by atoms with Crippen molar-refractivity contribution in [3.05, 3.63) is 18.1 Å². The van der Waals surface area contributed by atoms with E-state index in [0.29, 0.717) is 30.5 Å². The first kappa shape index (κ1) is 20.0. The fourth-order valence-corrected chi connectivity index (χ4v) is 3.87. The van der Waals surface area contributed by atoms with Crippen LogP contribution in [-0.2, 0) is 4.74 Å². The molecule has 0 aliphatic carbocycles. The third kappa shape index (κ3) is 5.39. The summed E-state index contributed by atoms with van der Waals surface area (Å²) in [5.74, 6) is 0.666. The highest BCUT2D eigenvalue weighted by molar-refractivity contribution is 5.91. The van der Waals surface area contributed by atoms with E-state index >= 15 is 0 Å². The van der Waals surface area contributed by atoms with Gasteiger partial charge in [-0.3, -0.25) is 4.79 Å². The van der Waals surface area contributed by atoms with E-state index in [-0.39, 0.29) is 5.91 Å². The van der Waals surface area contributed by atoms with Gasteiger partial charge in [0.15, 0.2) is 0 Å². The highest BCUT2D eigenvalue weighted by Gasteiger charge is 2.27. The van der Waals surface area contributed by atoms with Crippen molar-refractivity contribution in [3.8, 4) is 0 Å². The minimum absolute atomic E-state index is 0.174. The molecule has 150 valence electrons. The third-order valence-corrected chi connectivity index (χ3v) is 5.57. The highest BCUT2D eigenvalue weighted by Crippen LogP contribution is 2.23. The number of hydrogen-bond acceptors (Lipinski definition) is 6. The highest BCUT2D eigenvalue weighted by atomic mass is 16.5. The van der Waals surface area contributed by atoms with Crippen LogP contribution in [0.3, 0.4) is 0 Å². The fraction of sp³-hybridized carbons (Fsp3) is 0.750. The summed E-state index contributed by atoms with van der Waals surface area (Å²) in [6, 6.07) is 0.634. The lowest BCUT2D eigenvalue weighted by molar-refractivity contribution is -0.0540. The van der Waals surface area contributed by atoms with Gasteiger partial charge in [0.05, 0.1) is 24.6 Å². The first-order valence-electron chi connectivity index (χ1n) is 10.3. The molecule has 0 saturated carbocycles. The Kier molecular flexibility index (Phi) is 7.01. The molecule has 0 unspecified atom stereocenters. The average Bonchev–Trinajstić information content (AvgIpc) is 2.69. The van der Waals surface area contributed by atoms with Crippen LogP contribution >= 0.6 is 0 Å². The van der Waals surface area contributed by atoms with Crippen molar-refractivity contribution in [1.29, 1.82) is 0 Å². The summed E-state index contributed by atoms with van der Waals surface area (Å²) in [6.07, 6.45) is 8.34. The lowest BCUT2D eigenvalue weighted by Gasteiger charge is -2.38. The Labute approximate surface area is 162 Å². The number of anilines is 1. The minimum Gasteiger partial charge on any atom is -0.375 e. The van der Waals surface area contributed by atoms with Crippen LogP contribution in [0.25, 0.3) is 0 Å². The number of carbonyl (C=O) groups excluding carboxylic acids is 1. The van der Waals surface area contributed by atoms with Gasteiger partial charge in [0.2, 0.25) is 0 Å². The van der Waals surface area contributed by atoms with E-state index in [1.165, 1.54) is 0 Å². The van der Waals surface area contributed by atoms with Crippen LogP contribution < -0.4 is 10.2 Å². The molecule has 2 aliphatic heterocycles. The second-order valence-corrected chi connectivity index (χ2v) is 7.77. The summed E-state index contributed by atoms with van der Waals surface area (Å²) in [7, 11) is 0. The monoisotopic (exact) mass is 375 g/mol. The molecule has 0 aromatic carbocycles. The van der Waals surface area contributed by atoms with E-state index in [1.54, 1.807) is 12.4 Å². The van der Waals surface area contributed by atoms with E-state index in [1.807, 2.05) is 6.92 Å². The maximum atomic E-state index is 11.8. The topological polar surface area (TPSA) is 70.6 Å². The van der Waals surface area contributed by atoms with Gasteiger partial charge in [0.25, 0.3) is 5.91 Å². The summed E-state index contributed by atoms with van der Waals surface area (Å²) < 4.78 is 6.38. The molecule has 0 bridgehead atoms. The normalized spacial score (nSPS) is 20.2. The molecular weight excluding hydrogens is 342 g/mol. The summed E-state index contributed by atoms with van der Waals surface area (Å²) in [5, 5.41) is 2.74. The molecule has 0 spiro atoms. The first-order valence-corrected chi connectivity index (χ1v) is 10.3. The zero-order chi connectivity index (χ0) is 19.2. The zero-order valence-corrected chi connectivity index (χ0v) is 16.9. The number of carbonyl (C=O) groups is 1. The number of aromatic nitrogens is 2. The summed E-state index contributed by atoms with van der Waals surface area (Å²) >= 11 is 0. The molecule has 3 heterocycles. The van der Waals surface area contributed by atoms with Gasteiger partial charge in [-0.25, -0.2) is 9.97 Å². The molecule has 0 radical (unpaired) electrons. The lowest BCUT2D eigenvalue weighted by Crippen LogP contribution is -2.44. The quantitative estimate of drug-likeness (QED) is 0.821. The van der Waals surface area contributed by atoms with E-state index in [4.69, 9.17) is 4.74 Å². The molecule has 2 saturated heterocycles. The van der Waals surface area contributed by atoms with Crippen LogP contribution in [0.5, 0.6) is 0 Å². The number of likely N-dealkylation sites (tertiary alicyclic amines) is 1. The van der Waals surface area contributed by atoms with Crippen molar-refractivity contribution in [2.24, 2.45) is 0 Å². The summed E-state index contributed by atoms with van der Waals surface area (Å²) in [6.45, 7) is 11.1. The number of nitrogens with one attached hydrogen (secondary N) is 1. The minimum atomic E-state index is -0.174. The molecule has 1 aromatic heterocycles. The van der Waals surface area contributed by atoms with Crippen molar-refractivity contribution in [1.82, 2.24) is 20.2 Å². The van der Waals surface area contributed by atoms with Crippen LogP contribution in [0.4, 0.5) is 5.82 Å². The van der Waals surface area contributed by atoms with Crippen molar-refractivity contribution in [2.45, 2.75) is 64.7 Å². The van der Waals surface area contributed by atoms with Gasteiger partial charge in [-0.05, 0) is 46.5 Å². The van der Waals surface area contributed by atoms with Gasteiger partial charge in [-0.2, -0.15) is 0 Å². The largest absolute Gasteiger partial charge is 0.375 e. The molecular formula is C20H33N5O2. The number of rotatable bonds is 6. The van der Waals surface area contributed by atoms with Crippen molar-refractivity contribution in [2.75, 3.05) is 37.6 Å². The van der Waals surface area contributed by atoms with E-state index in [9.17, 15) is 4.79 Å². The number of hydrogen-bond donors (Lipinski definition) is 1. The zero-order valence-electron chi connectivity index (χ0n) is 16.9. The van der Waals surface area contributed by atoms with Crippen molar-refractivity contribution < 1.29 is 9.53 Å². The lowest BCUT2D eigenvalue weighted by atomic mass is 10.0. The molecule has 1 N–H and O–H groups in total. The Hall–Kier alpha value is -1.73. The van der Waals surface area contributed by atoms with Gasteiger partial charge in [-0.1, -0.05) is 0 Å². The Bertz CT molecular complexity index is 591. The van der Waals surface area contributed by atoms with Gasteiger partial charge in [0, 0.05) is 38.8 Å². The van der Waals surface area contributed by atoms with E-state index in [0.717, 1.165) is 57.7 Å². The number of ether oxygens (including phenoxy) is 1. The van der Waals surface area contributed by atoms with Gasteiger partial charge in [0.1, 0.15) is 11.5 Å². The molecule has 1 amide bonds. The van der Waals surface area contributed by atoms with Gasteiger partial charge in [-0.15, -0.1) is 0 Å². The van der Waals surface area contributed by atoms with Gasteiger partial charge < -0.3 is 19.9 Å². The molecule has 7 nitrogen and oxygen atoms in total. The Morgan fingerprint density at radius 1 is 1.11 bits per heavy atom. The van der Waals surface area contributed by atoms with Crippen LogP contribution in [0.1, 0.15) is 56.9 Å². The standard InChI is InChI=1S/C20H33N5O2/c1-4-21-20(26)18-13-23-19(14-22-18)25-11-7-17(8-12-25)27-16-5-9-24(10-6-16)15(2)3/h13-17H,4-12H2,1-3H3,(H,21,26). The maximum Gasteiger partial charge on any atom is 0.271 e. The summed E-state index contributed by atoms with van der Waals surface area (Å²) in [4.78, 5) is 25.2.